The standard InChI is InChI=1S/C13H14F2N2O3/c1-8-4-2-3-5-16(8)13(18)9-6-11(15)12(17(19)20)7-10(9)14/h6-8H,2-5H2,1H3. The molecule has 2 rings (SSSR count). The summed E-state index contributed by atoms with van der Waals surface area (Å²) >= 11 is 0. The molecule has 0 radical (unpaired) electrons. The van der Waals surface area contributed by atoms with E-state index in [9.17, 15) is 23.7 Å². The van der Waals surface area contributed by atoms with E-state index < -0.39 is 33.7 Å². The Bertz CT molecular complexity index is 563. The molecule has 1 aliphatic heterocycles. The first-order chi connectivity index (χ1) is 9.41. The molecule has 108 valence electrons. The number of carbonyl (C=O) groups excluding carboxylic acids is 1. The van der Waals surface area contributed by atoms with Gasteiger partial charge in [-0.1, -0.05) is 0 Å². The van der Waals surface area contributed by atoms with Gasteiger partial charge in [-0.15, -0.1) is 0 Å². The summed E-state index contributed by atoms with van der Waals surface area (Å²) < 4.78 is 27.3. The molecule has 1 atom stereocenters. The fraction of sp³-hybridized carbons (Fsp3) is 0.462. The molecular weight excluding hydrogens is 270 g/mol. The van der Waals surface area contributed by atoms with Crippen LogP contribution in [-0.4, -0.2) is 28.3 Å². The Hall–Kier alpha value is -2.05. The van der Waals surface area contributed by atoms with E-state index in [4.69, 9.17) is 0 Å². The smallest absolute Gasteiger partial charge is 0.307 e. The molecule has 1 heterocycles. The van der Waals surface area contributed by atoms with Crippen molar-refractivity contribution in [1.82, 2.24) is 4.90 Å². The molecule has 1 unspecified atom stereocenters. The van der Waals surface area contributed by atoms with Crippen molar-refractivity contribution in [2.75, 3.05) is 6.54 Å². The molecule has 0 N–H and O–H groups in total. The Balaban J connectivity index is 2.35. The summed E-state index contributed by atoms with van der Waals surface area (Å²) in [6, 6.07) is 1.02. The molecule has 1 aliphatic rings. The minimum atomic E-state index is -1.20. The Morgan fingerprint density at radius 3 is 2.65 bits per heavy atom. The normalized spacial score (nSPS) is 18.9. The van der Waals surface area contributed by atoms with Crippen LogP contribution in [0.15, 0.2) is 12.1 Å². The molecule has 0 aromatic heterocycles. The molecule has 7 heteroatoms. The van der Waals surface area contributed by atoms with Gasteiger partial charge >= 0.3 is 5.69 Å². The lowest BCUT2D eigenvalue weighted by Crippen LogP contribution is -2.42. The van der Waals surface area contributed by atoms with E-state index in [-0.39, 0.29) is 6.04 Å². The second-order valence-electron chi connectivity index (χ2n) is 4.88. The maximum Gasteiger partial charge on any atom is 0.307 e. The number of nitro benzene ring substituents is 1. The van der Waals surface area contributed by atoms with Crippen molar-refractivity contribution in [2.24, 2.45) is 0 Å². The van der Waals surface area contributed by atoms with Crippen molar-refractivity contribution in [3.63, 3.8) is 0 Å². The van der Waals surface area contributed by atoms with Crippen molar-refractivity contribution in [2.45, 2.75) is 32.2 Å². The number of hydrogen-bond donors (Lipinski definition) is 0. The van der Waals surface area contributed by atoms with E-state index in [1.165, 1.54) is 4.90 Å². The zero-order valence-corrected chi connectivity index (χ0v) is 10.9. The SMILES string of the molecule is CC1CCCCN1C(=O)c1cc(F)c([N+](=O)[O-])cc1F. The topological polar surface area (TPSA) is 63.5 Å². The lowest BCUT2D eigenvalue weighted by Gasteiger charge is -2.33. The zero-order valence-electron chi connectivity index (χ0n) is 10.9. The van der Waals surface area contributed by atoms with Gasteiger partial charge in [-0.2, -0.15) is 4.39 Å². The average Bonchev–Trinajstić information content (AvgIpc) is 2.40. The van der Waals surface area contributed by atoms with Crippen molar-refractivity contribution < 1.29 is 18.5 Å². The number of amides is 1. The van der Waals surface area contributed by atoms with E-state index in [0.717, 1.165) is 19.3 Å². The van der Waals surface area contributed by atoms with Crippen LogP contribution in [0.3, 0.4) is 0 Å². The highest BCUT2D eigenvalue weighted by molar-refractivity contribution is 5.95. The molecule has 0 bridgehead atoms. The quantitative estimate of drug-likeness (QED) is 0.619. The first-order valence-corrected chi connectivity index (χ1v) is 6.36. The first kappa shape index (κ1) is 14.4. The van der Waals surface area contributed by atoms with Crippen LogP contribution in [0.4, 0.5) is 14.5 Å². The van der Waals surface area contributed by atoms with Crippen LogP contribution in [0.25, 0.3) is 0 Å². The highest BCUT2D eigenvalue weighted by Crippen LogP contribution is 2.25. The Morgan fingerprint density at radius 2 is 2.05 bits per heavy atom. The molecule has 1 saturated heterocycles. The predicted octanol–water partition coefficient (Wildman–Crippen LogP) is 2.89. The van der Waals surface area contributed by atoms with E-state index in [1.807, 2.05) is 6.92 Å². The second kappa shape index (κ2) is 5.52. The van der Waals surface area contributed by atoms with Gasteiger partial charge in [0.05, 0.1) is 16.6 Å². The highest BCUT2D eigenvalue weighted by Gasteiger charge is 2.28. The minimum absolute atomic E-state index is 0.0473. The Morgan fingerprint density at radius 1 is 1.35 bits per heavy atom. The number of benzene rings is 1. The number of hydrogen-bond acceptors (Lipinski definition) is 3. The molecule has 0 saturated carbocycles. The van der Waals surface area contributed by atoms with Crippen molar-refractivity contribution in [1.29, 1.82) is 0 Å². The van der Waals surface area contributed by atoms with Gasteiger partial charge in [0.25, 0.3) is 5.91 Å². The van der Waals surface area contributed by atoms with E-state index >= 15 is 0 Å². The summed E-state index contributed by atoms with van der Waals surface area (Å²) in [6.45, 7) is 2.33. The number of likely N-dealkylation sites (tertiary alicyclic amines) is 1. The fourth-order valence-corrected chi connectivity index (χ4v) is 2.39. The van der Waals surface area contributed by atoms with E-state index in [2.05, 4.69) is 0 Å². The molecule has 1 aromatic rings. The lowest BCUT2D eigenvalue weighted by atomic mass is 10.0. The van der Waals surface area contributed by atoms with Gasteiger partial charge < -0.3 is 4.90 Å². The number of halogens is 2. The lowest BCUT2D eigenvalue weighted by molar-refractivity contribution is -0.387. The van der Waals surface area contributed by atoms with Crippen LogP contribution < -0.4 is 0 Å². The summed E-state index contributed by atoms with van der Waals surface area (Å²) in [7, 11) is 0. The Labute approximate surface area is 114 Å². The second-order valence-corrected chi connectivity index (χ2v) is 4.88. The number of carbonyl (C=O) groups is 1. The molecule has 1 aromatic carbocycles. The van der Waals surface area contributed by atoms with Crippen LogP contribution in [0.1, 0.15) is 36.5 Å². The molecule has 0 aliphatic carbocycles. The Kier molecular flexibility index (Phi) is 3.96. The van der Waals surface area contributed by atoms with Crippen LogP contribution in [0.2, 0.25) is 0 Å². The van der Waals surface area contributed by atoms with E-state index in [1.54, 1.807) is 0 Å². The molecule has 1 amide bonds. The van der Waals surface area contributed by atoms with Gasteiger partial charge in [0.1, 0.15) is 5.82 Å². The van der Waals surface area contributed by atoms with Gasteiger partial charge in [-0.3, -0.25) is 14.9 Å². The summed E-state index contributed by atoms with van der Waals surface area (Å²) in [6.07, 6.45) is 2.61. The van der Waals surface area contributed by atoms with Crippen molar-refractivity contribution in [3.8, 4) is 0 Å². The minimum Gasteiger partial charge on any atom is -0.336 e. The predicted molar refractivity (Wildman–Crippen MR) is 67.4 cm³/mol. The maximum absolute atomic E-state index is 13.8. The molecular formula is C13H14F2N2O3. The van der Waals surface area contributed by atoms with Crippen molar-refractivity contribution in [3.05, 3.63) is 39.4 Å². The number of nitro groups is 1. The molecule has 0 spiro atoms. The molecule has 1 fully saturated rings. The average molecular weight is 284 g/mol. The van der Waals surface area contributed by atoms with Crippen LogP contribution in [0, 0.1) is 21.7 Å². The zero-order chi connectivity index (χ0) is 14.9. The first-order valence-electron chi connectivity index (χ1n) is 6.36. The van der Waals surface area contributed by atoms with Crippen LogP contribution >= 0.6 is 0 Å². The van der Waals surface area contributed by atoms with Gasteiger partial charge in [0.15, 0.2) is 0 Å². The third kappa shape index (κ3) is 2.61. The van der Waals surface area contributed by atoms with Crippen LogP contribution in [0.5, 0.6) is 0 Å². The highest BCUT2D eigenvalue weighted by atomic mass is 19.1. The van der Waals surface area contributed by atoms with Crippen LogP contribution in [-0.2, 0) is 0 Å². The van der Waals surface area contributed by atoms with Gasteiger partial charge in [-0.25, -0.2) is 4.39 Å². The maximum atomic E-state index is 13.8. The summed E-state index contributed by atoms with van der Waals surface area (Å²) in [5, 5.41) is 10.5. The largest absolute Gasteiger partial charge is 0.336 e. The number of nitrogens with zero attached hydrogens (tertiary/aromatic N) is 2. The van der Waals surface area contributed by atoms with Crippen molar-refractivity contribution >= 4 is 11.6 Å². The third-order valence-electron chi connectivity index (χ3n) is 3.53. The molecule has 5 nitrogen and oxygen atoms in total. The van der Waals surface area contributed by atoms with Gasteiger partial charge in [0, 0.05) is 12.6 Å². The van der Waals surface area contributed by atoms with Gasteiger partial charge in [-0.05, 0) is 32.3 Å². The monoisotopic (exact) mass is 284 g/mol. The summed E-state index contributed by atoms with van der Waals surface area (Å²) in [5.74, 6) is -2.89. The number of rotatable bonds is 2. The summed E-state index contributed by atoms with van der Waals surface area (Å²) in [4.78, 5) is 23.2. The fourth-order valence-electron chi connectivity index (χ4n) is 2.39. The third-order valence-corrected chi connectivity index (χ3v) is 3.53. The molecule has 20 heavy (non-hydrogen) atoms. The van der Waals surface area contributed by atoms with E-state index in [0.29, 0.717) is 18.7 Å². The summed E-state index contributed by atoms with van der Waals surface area (Å²) in [5.41, 5.74) is -1.42. The number of piperidine rings is 1. The van der Waals surface area contributed by atoms with Gasteiger partial charge in [0.2, 0.25) is 5.82 Å².